The van der Waals surface area contributed by atoms with E-state index in [0.29, 0.717) is 6.54 Å². The third-order valence-electron chi connectivity index (χ3n) is 4.28. The molecule has 1 aliphatic heterocycles. The number of sulfone groups is 1. The Morgan fingerprint density at radius 2 is 1.87 bits per heavy atom. The number of alkyl halides is 2. The van der Waals surface area contributed by atoms with Crippen LogP contribution in [-0.4, -0.2) is 38.2 Å². The highest BCUT2D eigenvalue weighted by atomic mass is 35.5. The Labute approximate surface area is 142 Å². The standard InChI is InChI=1S/C15H22F2N2O2S.ClH/c1-15(2)10-19(8-7-13(15)18)9-11-3-5-12(6-4-11)22(20,21)14(16)17;/h3-6,13-14H,7-10,18H2,1-2H3;1H. The number of hydrogen-bond acceptors (Lipinski definition) is 4. The SMILES string of the molecule is CC1(C)CN(Cc2ccc(S(=O)(=O)C(F)F)cc2)CCC1N.Cl. The van der Waals surface area contributed by atoms with Crippen LogP contribution in [0.25, 0.3) is 0 Å². The topological polar surface area (TPSA) is 63.4 Å². The van der Waals surface area contributed by atoms with Gasteiger partial charge in [0.15, 0.2) is 0 Å². The zero-order valence-electron chi connectivity index (χ0n) is 13.2. The molecule has 0 aliphatic carbocycles. The molecule has 1 fully saturated rings. The van der Waals surface area contributed by atoms with E-state index in [0.717, 1.165) is 25.1 Å². The summed E-state index contributed by atoms with van der Waals surface area (Å²) in [6.45, 7) is 6.64. The van der Waals surface area contributed by atoms with Gasteiger partial charge in [0.1, 0.15) is 0 Å². The molecule has 8 heteroatoms. The first kappa shape index (κ1) is 20.3. The van der Waals surface area contributed by atoms with E-state index in [1.807, 2.05) is 0 Å². The Morgan fingerprint density at radius 1 is 1.30 bits per heavy atom. The second kappa shape index (κ2) is 7.42. The Morgan fingerprint density at radius 3 is 2.35 bits per heavy atom. The van der Waals surface area contributed by atoms with Crippen molar-refractivity contribution in [3.63, 3.8) is 0 Å². The molecule has 1 aliphatic rings. The summed E-state index contributed by atoms with van der Waals surface area (Å²) in [7, 11) is -4.52. The van der Waals surface area contributed by atoms with Gasteiger partial charge in [-0.3, -0.25) is 4.90 Å². The number of nitrogens with two attached hydrogens (primary N) is 1. The van der Waals surface area contributed by atoms with Crippen molar-refractivity contribution in [2.24, 2.45) is 11.1 Å². The molecule has 1 aromatic rings. The minimum atomic E-state index is -4.52. The maximum atomic E-state index is 12.5. The Kier molecular flexibility index (Phi) is 6.55. The average Bonchev–Trinajstić information content (AvgIpc) is 2.43. The van der Waals surface area contributed by atoms with Gasteiger partial charge in [0.2, 0.25) is 9.84 Å². The van der Waals surface area contributed by atoms with Gasteiger partial charge in [-0.2, -0.15) is 8.78 Å². The predicted molar refractivity (Wildman–Crippen MR) is 88.5 cm³/mol. The minimum Gasteiger partial charge on any atom is -0.327 e. The summed E-state index contributed by atoms with van der Waals surface area (Å²) in [6.07, 6.45) is 0.908. The fraction of sp³-hybridized carbons (Fsp3) is 0.600. The first-order chi connectivity index (χ1) is 10.1. The first-order valence-electron chi connectivity index (χ1n) is 7.22. The second-order valence-corrected chi connectivity index (χ2v) is 8.46. The molecule has 2 rings (SSSR count). The van der Waals surface area contributed by atoms with Crippen LogP contribution in [0.15, 0.2) is 29.2 Å². The molecule has 0 bridgehead atoms. The zero-order chi connectivity index (χ0) is 16.5. The molecule has 4 nitrogen and oxygen atoms in total. The van der Waals surface area contributed by atoms with E-state index in [1.165, 1.54) is 12.1 Å². The molecule has 0 saturated carbocycles. The van der Waals surface area contributed by atoms with Gasteiger partial charge in [-0.15, -0.1) is 12.4 Å². The normalized spacial score (nSPS) is 21.9. The molecule has 23 heavy (non-hydrogen) atoms. The summed E-state index contributed by atoms with van der Waals surface area (Å²) >= 11 is 0. The van der Waals surface area contributed by atoms with E-state index in [9.17, 15) is 17.2 Å². The fourth-order valence-electron chi connectivity index (χ4n) is 2.77. The second-order valence-electron chi connectivity index (χ2n) is 6.54. The van der Waals surface area contributed by atoms with E-state index in [1.54, 1.807) is 12.1 Å². The van der Waals surface area contributed by atoms with Gasteiger partial charge in [-0.25, -0.2) is 8.42 Å². The summed E-state index contributed by atoms with van der Waals surface area (Å²) in [4.78, 5) is 1.91. The summed E-state index contributed by atoms with van der Waals surface area (Å²) in [5.41, 5.74) is 7.03. The molecule has 1 aromatic carbocycles. The van der Waals surface area contributed by atoms with Gasteiger partial charge in [-0.1, -0.05) is 26.0 Å². The van der Waals surface area contributed by atoms with E-state index in [-0.39, 0.29) is 28.8 Å². The van der Waals surface area contributed by atoms with E-state index < -0.39 is 15.6 Å². The highest BCUT2D eigenvalue weighted by molar-refractivity contribution is 7.91. The molecule has 1 atom stereocenters. The molecule has 0 radical (unpaired) electrons. The molecule has 0 amide bonds. The lowest BCUT2D eigenvalue weighted by atomic mass is 9.79. The number of rotatable bonds is 4. The van der Waals surface area contributed by atoms with Crippen molar-refractivity contribution in [2.45, 2.75) is 43.5 Å². The van der Waals surface area contributed by atoms with Gasteiger partial charge in [0.25, 0.3) is 0 Å². The highest BCUT2D eigenvalue weighted by Crippen LogP contribution is 2.28. The molecule has 0 aromatic heterocycles. The molecule has 2 N–H and O–H groups in total. The molecule has 0 spiro atoms. The van der Waals surface area contributed by atoms with Gasteiger partial charge >= 0.3 is 5.76 Å². The van der Waals surface area contributed by atoms with Gasteiger partial charge in [-0.05, 0) is 29.5 Å². The Hall–Kier alpha value is -0.760. The van der Waals surface area contributed by atoms with E-state index in [4.69, 9.17) is 5.73 Å². The highest BCUT2D eigenvalue weighted by Gasteiger charge is 2.33. The third-order valence-corrected chi connectivity index (χ3v) is 5.68. The summed E-state index contributed by atoms with van der Waals surface area (Å²) in [6, 6.07) is 5.85. The van der Waals surface area contributed by atoms with Crippen LogP contribution in [-0.2, 0) is 16.4 Å². The third kappa shape index (κ3) is 4.62. The van der Waals surface area contributed by atoms with Crippen molar-refractivity contribution in [3.8, 4) is 0 Å². The zero-order valence-corrected chi connectivity index (χ0v) is 14.8. The molecular formula is C15H23ClF2N2O2S. The minimum absolute atomic E-state index is 0. The lowest BCUT2D eigenvalue weighted by molar-refractivity contribution is 0.0899. The van der Waals surface area contributed by atoms with Crippen LogP contribution in [0.4, 0.5) is 8.78 Å². The Bertz CT molecular complexity index is 621. The number of piperidine rings is 1. The Balaban J connectivity index is 0.00000264. The number of nitrogens with zero attached hydrogens (tertiary/aromatic N) is 1. The van der Waals surface area contributed by atoms with Crippen LogP contribution >= 0.6 is 12.4 Å². The number of hydrogen-bond donors (Lipinski definition) is 1. The van der Waals surface area contributed by atoms with Crippen molar-refractivity contribution in [1.29, 1.82) is 0 Å². The number of likely N-dealkylation sites (tertiary alicyclic amines) is 1. The van der Waals surface area contributed by atoms with Crippen molar-refractivity contribution in [2.75, 3.05) is 13.1 Å². The predicted octanol–water partition coefficient (Wildman–Crippen LogP) is 2.66. The molecule has 1 heterocycles. The van der Waals surface area contributed by atoms with Crippen LogP contribution in [0.2, 0.25) is 0 Å². The lowest BCUT2D eigenvalue weighted by Gasteiger charge is -2.42. The van der Waals surface area contributed by atoms with Crippen LogP contribution in [0, 0.1) is 5.41 Å². The van der Waals surface area contributed by atoms with Crippen LogP contribution in [0.3, 0.4) is 0 Å². The molecular weight excluding hydrogens is 346 g/mol. The lowest BCUT2D eigenvalue weighted by Crippen LogP contribution is -2.52. The monoisotopic (exact) mass is 368 g/mol. The maximum Gasteiger partial charge on any atom is 0.341 e. The van der Waals surface area contributed by atoms with Crippen molar-refractivity contribution < 1.29 is 17.2 Å². The fourth-order valence-corrected chi connectivity index (χ4v) is 3.49. The smallest absolute Gasteiger partial charge is 0.327 e. The summed E-state index contributed by atoms with van der Waals surface area (Å²) in [5, 5.41) is 0. The van der Waals surface area contributed by atoms with Crippen molar-refractivity contribution >= 4 is 22.2 Å². The van der Waals surface area contributed by atoms with Gasteiger partial charge < -0.3 is 5.73 Å². The van der Waals surface area contributed by atoms with E-state index in [2.05, 4.69) is 18.7 Å². The molecule has 1 saturated heterocycles. The average molecular weight is 369 g/mol. The molecule has 1 unspecified atom stereocenters. The van der Waals surface area contributed by atoms with Crippen LogP contribution in [0.1, 0.15) is 25.8 Å². The number of halogens is 3. The van der Waals surface area contributed by atoms with Crippen molar-refractivity contribution in [1.82, 2.24) is 4.90 Å². The summed E-state index contributed by atoms with van der Waals surface area (Å²) in [5.74, 6) is -3.39. The van der Waals surface area contributed by atoms with Gasteiger partial charge in [0.05, 0.1) is 4.90 Å². The number of benzene rings is 1. The first-order valence-corrected chi connectivity index (χ1v) is 8.76. The van der Waals surface area contributed by atoms with Crippen LogP contribution in [0.5, 0.6) is 0 Å². The quantitative estimate of drug-likeness (QED) is 0.887. The maximum absolute atomic E-state index is 12.5. The van der Waals surface area contributed by atoms with Crippen LogP contribution < -0.4 is 5.73 Å². The summed E-state index contributed by atoms with van der Waals surface area (Å²) < 4.78 is 47.7. The van der Waals surface area contributed by atoms with Crippen molar-refractivity contribution in [3.05, 3.63) is 29.8 Å². The van der Waals surface area contributed by atoms with Gasteiger partial charge in [0, 0.05) is 25.7 Å². The molecule has 132 valence electrons. The van der Waals surface area contributed by atoms with E-state index >= 15 is 0 Å². The largest absolute Gasteiger partial charge is 0.341 e.